The number of nitrogens with two attached hydrogens (primary N) is 1. The van der Waals surface area contributed by atoms with E-state index in [0.29, 0.717) is 23.0 Å². The molecule has 104 valence electrons. The number of nitrogen functional groups attached to an aromatic ring is 1. The molecule has 0 bridgehead atoms. The van der Waals surface area contributed by atoms with E-state index in [1.165, 1.54) is 12.8 Å². The summed E-state index contributed by atoms with van der Waals surface area (Å²) in [5.41, 5.74) is 6.21. The highest BCUT2D eigenvalue weighted by Gasteiger charge is 2.42. The summed E-state index contributed by atoms with van der Waals surface area (Å²) < 4.78 is 27.1. The zero-order valence-corrected chi connectivity index (χ0v) is 11.8. The number of sulfonamides is 1. The van der Waals surface area contributed by atoms with Crippen LogP contribution in [0.2, 0.25) is 0 Å². The van der Waals surface area contributed by atoms with Crippen LogP contribution in [0.1, 0.15) is 32.1 Å². The first kappa shape index (κ1) is 12.9. The first-order valence-electron chi connectivity index (χ1n) is 6.96. The van der Waals surface area contributed by atoms with E-state index in [1.54, 1.807) is 28.6 Å². The normalized spacial score (nSPS) is 28.2. The van der Waals surface area contributed by atoms with E-state index in [-0.39, 0.29) is 6.04 Å². The van der Waals surface area contributed by atoms with Gasteiger partial charge in [0, 0.05) is 18.3 Å². The molecule has 3 rings (SSSR count). The molecule has 2 atom stereocenters. The summed E-state index contributed by atoms with van der Waals surface area (Å²) in [7, 11) is -3.35. The van der Waals surface area contributed by atoms with E-state index in [1.807, 2.05) is 0 Å². The van der Waals surface area contributed by atoms with Crippen LogP contribution in [-0.2, 0) is 10.0 Å². The fourth-order valence-corrected chi connectivity index (χ4v) is 5.17. The number of fused-ring (bicyclic) bond motifs is 1. The second-order valence-corrected chi connectivity index (χ2v) is 7.48. The molecule has 1 saturated heterocycles. The summed E-state index contributed by atoms with van der Waals surface area (Å²) in [5, 5.41) is 0. The third kappa shape index (κ3) is 2.25. The molecule has 2 aliphatic rings. The van der Waals surface area contributed by atoms with Crippen LogP contribution < -0.4 is 5.73 Å². The van der Waals surface area contributed by atoms with Gasteiger partial charge >= 0.3 is 0 Å². The Balaban J connectivity index is 1.90. The fourth-order valence-electron chi connectivity index (χ4n) is 3.44. The lowest BCUT2D eigenvalue weighted by atomic mass is 9.86. The molecule has 0 aromatic heterocycles. The maximum atomic E-state index is 12.7. The van der Waals surface area contributed by atoms with E-state index >= 15 is 0 Å². The van der Waals surface area contributed by atoms with Gasteiger partial charge in [-0.2, -0.15) is 4.31 Å². The highest BCUT2D eigenvalue weighted by Crippen LogP contribution is 2.39. The Morgan fingerprint density at radius 2 is 1.74 bits per heavy atom. The number of hydrogen-bond acceptors (Lipinski definition) is 3. The molecule has 5 heteroatoms. The molecule has 2 unspecified atom stereocenters. The van der Waals surface area contributed by atoms with Gasteiger partial charge in [0.15, 0.2) is 0 Å². The van der Waals surface area contributed by atoms with E-state index in [9.17, 15) is 8.42 Å². The van der Waals surface area contributed by atoms with E-state index in [4.69, 9.17) is 5.73 Å². The van der Waals surface area contributed by atoms with Crippen molar-refractivity contribution >= 4 is 15.7 Å². The van der Waals surface area contributed by atoms with Crippen LogP contribution >= 0.6 is 0 Å². The third-order valence-corrected chi connectivity index (χ3v) is 6.38. The lowest BCUT2D eigenvalue weighted by molar-refractivity contribution is 0.260. The van der Waals surface area contributed by atoms with Crippen LogP contribution in [-0.4, -0.2) is 25.3 Å². The van der Waals surface area contributed by atoms with E-state index in [2.05, 4.69) is 0 Å². The van der Waals surface area contributed by atoms with Crippen molar-refractivity contribution in [3.8, 4) is 0 Å². The van der Waals surface area contributed by atoms with E-state index < -0.39 is 10.0 Å². The van der Waals surface area contributed by atoms with Crippen LogP contribution in [0.3, 0.4) is 0 Å². The molecule has 1 saturated carbocycles. The van der Waals surface area contributed by atoms with Gasteiger partial charge in [0.2, 0.25) is 10.0 Å². The Morgan fingerprint density at radius 1 is 1.05 bits per heavy atom. The van der Waals surface area contributed by atoms with Crippen molar-refractivity contribution in [2.75, 3.05) is 12.3 Å². The van der Waals surface area contributed by atoms with Gasteiger partial charge in [-0.3, -0.25) is 0 Å². The zero-order chi connectivity index (χ0) is 13.5. The first-order valence-corrected chi connectivity index (χ1v) is 8.40. The van der Waals surface area contributed by atoms with E-state index in [0.717, 1.165) is 19.3 Å². The molecule has 1 aliphatic carbocycles. The summed E-state index contributed by atoms with van der Waals surface area (Å²) in [4.78, 5) is 0.368. The Morgan fingerprint density at radius 3 is 2.47 bits per heavy atom. The molecule has 1 aromatic carbocycles. The van der Waals surface area contributed by atoms with Crippen molar-refractivity contribution in [3.63, 3.8) is 0 Å². The summed E-state index contributed by atoms with van der Waals surface area (Å²) in [6.45, 7) is 0.669. The van der Waals surface area contributed by atoms with Gasteiger partial charge in [-0.15, -0.1) is 0 Å². The Kier molecular flexibility index (Phi) is 3.27. The smallest absolute Gasteiger partial charge is 0.243 e. The number of rotatable bonds is 2. The largest absolute Gasteiger partial charge is 0.399 e. The highest BCUT2D eigenvalue weighted by atomic mass is 32.2. The fraction of sp³-hybridized carbons (Fsp3) is 0.571. The Bertz CT molecular complexity index is 553. The molecule has 0 spiro atoms. The molecular formula is C14H20N2O2S. The first-order chi connectivity index (χ1) is 9.09. The van der Waals surface area contributed by atoms with Crippen LogP contribution in [0, 0.1) is 5.92 Å². The molecule has 4 nitrogen and oxygen atoms in total. The quantitative estimate of drug-likeness (QED) is 0.845. The summed E-state index contributed by atoms with van der Waals surface area (Å²) in [6.07, 6.45) is 5.60. The standard InChI is InChI=1S/C14H20N2O2S/c15-12-5-7-13(8-6-12)19(17,18)16-10-9-11-3-1-2-4-14(11)16/h5-8,11,14H,1-4,9-10,15H2. The van der Waals surface area contributed by atoms with Crippen LogP contribution in [0.25, 0.3) is 0 Å². The van der Waals surface area contributed by atoms with Gasteiger partial charge in [-0.1, -0.05) is 12.8 Å². The van der Waals surface area contributed by atoms with Crippen molar-refractivity contribution in [1.29, 1.82) is 0 Å². The number of nitrogens with zero attached hydrogens (tertiary/aromatic N) is 1. The number of benzene rings is 1. The number of hydrogen-bond donors (Lipinski definition) is 1. The molecule has 0 radical (unpaired) electrons. The predicted molar refractivity (Wildman–Crippen MR) is 75.1 cm³/mol. The molecule has 2 N–H and O–H groups in total. The lowest BCUT2D eigenvalue weighted by Crippen LogP contribution is -2.39. The van der Waals surface area contributed by atoms with Crippen molar-refractivity contribution in [1.82, 2.24) is 4.31 Å². The van der Waals surface area contributed by atoms with Crippen molar-refractivity contribution in [3.05, 3.63) is 24.3 Å². The van der Waals surface area contributed by atoms with Crippen molar-refractivity contribution < 1.29 is 8.42 Å². The minimum absolute atomic E-state index is 0.219. The van der Waals surface area contributed by atoms with Crippen LogP contribution in [0.5, 0.6) is 0 Å². The molecule has 1 heterocycles. The van der Waals surface area contributed by atoms with Gasteiger partial charge in [0.1, 0.15) is 0 Å². The summed E-state index contributed by atoms with van der Waals surface area (Å²) >= 11 is 0. The maximum Gasteiger partial charge on any atom is 0.243 e. The monoisotopic (exact) mass is 280 g/mol. The summed E-state index contributed by atoms with van der Waals surface area (Å²) in [5.74, 6) is 0.567. The topological polar surface area (TPSA) is 63.4 Å². The number of anilines is 1. The van der Waals surface area contributed by atoms with Gasteiger partial charge in [-0.25, -0.2) is 8.42 Å². The van der Waals surface area contributed by atoms with Gasteiger partial charge < -0.3 is 5.73 Å². The van der Waals surface area contributed by atoms with Gasteiger partial charge in [0.05, 0.1) is 4.90 Å². The molecule has 1 aliphatic heterocycles. The molecule has 1 aromatic rings. The SMILES string of the molecule is Nc1ccc(S(=O)(=O)N2CCC3CCCCC32)cc1. The van der Waals surface area contributed by atoms with Gasteiger partial charge in [-0.05, 0) is 49.4 Å². The minimum Gasteiger partial charge on any atom is -0.399 e. The zero-order valence-electron chi connectivity index (χ0n) is 11.0. The molecule has 2 fully saturated rings. The average Bonchev–Trinajstić information content (AvgIpc) is 2.83. The second kappa shape index (κ2) is 4.80. The molecule has 0 amide bonds. The highest BCUT2D eigenvalue weighted by molar-refractivity contribution is 7.89. The third-order valence-electron chi connectivity index (χ3n) is 4.45. The van der Waals surface area contributed by atoms with Crippen molar-refractivity contribution in [2.45, 2.75) is 43.0 Å². The maximum absolute atomic E-state index is 12.7. The van der Waals surface area contributed by atoms with Crippen LogP contribution in [0.15, 0.2) is 29.2 Å². The van der Waals surface area contributed by atoms with Gasteiger partial charge in [0.25, 0.3) is 0 Å². The Hall–Kier alpha value is -1.07. The minimum atomic E-state index is -3.35. The average molecular weight is 280 g/mol. The van der Waals surface area contributed by atoms with Crippen LogP contribution in [0.4, 0.5) is 5.69 Å². The summed E-state index contributed by atoms with van der Waals surface area (Å²) in [6, 6.07) is 6.75. The van der Waals surface area contributed by atoms with Crippen molar-refractivity contribution in [2.24, 2.45) is 5.92 Å². The second-order valence-electron chi connectivity index (χ2n) is 5.59. The lowest BCUT2D eigenvalue weighted by Gasteiger charge is -2.31. The Labute approximate surface area is 114 Å². The predicted octanol–water partition coefficient (Wildman–Crippen LogP) is 2.22. The molecular weight excluding hydrogens is 260 g/mol. The molecule has 19 heavy (non-hydrogen) atoms.